The van der Waals surface area contributed by atoms with Gasteiger partial charge in [0.1, 0.15) is 11.4 Å². The fourth-order valence-electron chi connectivity index (χ4n) is 5.94. The number of hydrogen-bond donors (Lipinski definition) is 1. The van der Waals surface area contributed by atoms with E-state index in [4.69, 9.17) is 14.4 Å². The Bertz CT molecular complexity index is 1620. The number of carbonyl (C=O) groups is 1. The fourth-order valence-corrected chi connectivity index (χ4v) is 7.20. The predicted octanol–water partition coefficient (Wildman–Crippen LogP) is 6.00. The van der Waals surface area contributed by atoms with Crippen molar-refractivity contribution in [2.75, 3.05) is 18.9 Å². The van der Waals surface area contributed by atoms with Gasteiger partial charge in [-0.2, -0.15) is 5.06 Å². The van der Waals surface area contributed by atoms with Crippen molar-refractivity contribution in [1.29, 1.82) is 0 Å². The zero-order valence-electron chi connectivity index (χ0n) is 25.6. The highest BCUT2D eigenvalue weighted by molar-refractivity contribution is 7.92. The molecule has 5 rings (SSSR count). The smallest absolute Gasteiger partial charge is 0.264 e. The number of nitrogens with one attached hydrogen (secondary N) is 1. The van der Waals surface area contributed by atoms with Gasteiger partial charge in [0, 0.05) is 31.1 Å². The van der Waals surface area contributed by atoms with Gasteiger partial charge in [-0.15, -0.1) is 0 Å². The number of rotatable bonds is 12. The highest BCUT2D eigenvalue weighted by Gasteiger charge is 2.49. The molecule has 2 aromatic carbocycles. The normalized spacial score (nSPS) is 16.5. The van der Waals surface area contributed by atoms with Crippen LogP contribution in [0.4, 0.5) is 5.88 Å². The lowest BCUT2D eigenvalue weighted by Crippen LogP contribution is -2.40. The average Bonchev–Trinajstić information content (AvgIpc) is 3.67. The number of amidine groups is 1. The molecule has 1 aliphatic heterocycles. The minimum absolute atomic E-state index is 0.0952. The molecule has 1 amide bonds. The molecule has 1 saturated carbocycles. The van der Waals surface area contributed by atoms with E-state index in [-0.39, 0.29) is 16.7 Å². The van der Waals surface area contributed by atoms with Crippen LogP contribution in [-0.2, 0) is 32.7 Å². The number of amides is 1. The highest BCUT2D eigenvalue weighted by Crippen LogP contribution is 2.40. The minimum Gasteiger partial charge on any atom is -0.337 e. The second-order valence-corrected chi connectivity index (χ2v) is 13.2. The lowest BCUT2D eigenvalue weighted by Gasteiger charge is -2.24. The molecule has 1 aromatic heterocycles. The molecule has 3 aromatic rings. The predicted molar refractivity (Wildman–Crippen MR) is 166 cm³/mol. The van der Waals surface area contributed by atoms with Crippen LogP contribution in [0.1, 0.15) is 74.3 Å². The van der Waals surface area contributed by atoms with Crippen molar-refractivity contribution >= 4 is 27.7 Å². The largest absolute Gasteiger partial charge is 0.337 e. The maximum Gasteiger partial charge on any atom is 0.264 e. The number of aryl methyl sites for hydroxylation is 1. The molecule has 0 unspecified atom stereocenters. The minimum atomic E-state index is -4.01. The van der Waals surface area contributed by atoms with E-state index < -0.39 is 15.6 Å². The highest BCUT2D eigenvalue weighted by atomic mass is 32.2. The summed E-state index contributed by atoms with van der Waals surface area (Å²) in [7, 11) is -0.605. The van der Waals surface area contributed by atoms with Crippen LogP contribution >= 0.6 is 0 Å². The number of sulfonamides is 1. The molecule has 0 bridgehead atoms. The molecule has 11 heteroatoms. The van der Waals surface area contributed by atoms with Gasteiger partial charge in [0.15, 0.2) is 0 Å². The molecule has 1 spiro atoms. The van der Waals surface area contributed by atoms with E-state index in [1.807, 2.05) is 36.2 Å². The first-order valence-corrected chi connectivity index (χ1v) is 16.4. The number of aliphatic imine (C=N–C) groups is 1. The Morgan fingerprint density at radius 3 is 2.53 bits per heavy atom. The van der Waals surface area contributed by atoms with Crippen molar-refractivity contribution in [2.24, 2.45) is 4.99 Å². The summed E-state index contributed by atoms with van der Waals surface area (Å²) in [5.74, 6) is 1.09. The molecule has 1 fully saturated rings. The van der Waals surface area contributed by atoms with E-state index in [1.54, 1.807) is 44.2 Å². The van der Waals surface area contributed by atoms with Gasteiger partial charge >= 0.3 is 0 Å². The number of carbonyl (C=O) groups excluding carboxylic acids is 1. The summed E-state index contributed by atoms with van der Waals surface area (Å²) in [6.45, 7) is 6.47. The van der Waals surface area contributed by atoms with Crippen molar-refractivity contribution in [3.8, 4) is 11.1 Å². The number of hydroxylamine groups is 2. The third-order valence-electron chi connectivity index (χ3n) is 8.55. The van der Waals surface area contributed by atoms with Gasteiger partial charge in [0.25, 0.3) is 15.9 Å². The van der Waals surface area contributed by atoms with E-state index >= 15 is 0 Å². The van der Waals surface area contributed by atoms with Gasteiger partial charge in [0.2, 0.25) is 5.88 Å². The van der Waals surface area contributed by atoms with Crippen LogP contribution in [0.15, 0.2) is 56.9 Å². The lowest BCUT2D eigenvalue weighted by molar-refractivity contribution is -0.131. The van der Waals surface area contributed by atoms with Crippen molar-refractivity contribution < 1.29 is 22.6 Å². The summed E-state index contributed by atoms with van der Waals surface area (Å²) >= 11 is 0. The Hall–Kier alpha value is -3.54. The topological polar surface area (TPSA) is 117 Å². The Labute approximate surface area is 254 Å². The molecular formula is C32H41N5O5S. The monoisotopic (exact) mass is 607 g/mol. The van der Waals surface area contributed by atoms with E-state index in [2.05, 4.69) is 16.8 Å². The van der Waals surface area contributed by atoms with E-state index in [0.717, 1.165) is 67.5 Å². The van der Waals surface area contributed by atoms with Crippen molar-refractivity contribution in [3.05, 3.63) is 64.8 Å². The molecule has 2 heterocycles. The Morgan fingerprint density at radius 1 is 1.12 bits per heavy atom. The molecular weight excluding hydrogens is 566 g/mol. The maximum atomic E-state index is 13.7. The third kappa shape index (κ3) is 6.25. The van der Waals surface area contributed by atoms with Crippen LogP contribution < -0.4 is 4.72 Å². The molecule has 1 aliphatic carbocycles. The average molecular weight is 608 g/mol. The molecule has 1 N–H and O–H groups in total. The SMILES string of the molecule is CCCCC1=NC2(CCCC2)C(=O)N1Cc1ccc(-c2ccccc2S(=O)(=O)Nc2onc(C)c2C)c(CN(C)OC)c1. The molecule has 0 saturated heterocycles. The number of aromatic nitrogens is 1. The molecule has 2 aliphatic rings. The van der Waals surface area contributed by atoms with Crippen LogP contribution in [0.25, 0.3) is 11.1 Å². The number of hydrogen-bond acceptors (Lipinski definition) is 8. The van der Waals surface area contributed by atoms with Crippen molar-refractivity contribution in [3.63, 3.8) is 0 Å². The van der Waals surface area contributed by atoms with E-state index in [9.17, 15) is 13.2 Å². The Balaban J connectivity index is 1.51. The van der Waals surface area contributed by atoms with E-state index in [0.29, 0.717) is 29.9 Å². The summed E-state index contributed by atoms with van der Waals surface area (Å²) in [5, 5.41) is 5.56. The van der Waals surface area contributed by atoms with Gasteiger partial charge < -0.3 is 9.36 Å². The third-order valence-corrected chi connectivity index (χ3v) is 9.94. The molecule has 0 atom stereocenters. The van der Waals surface area contributed by atoms with Gasteiger partial charge in [-0.25, -0.2) is 13.1 Å². The van der Waals surface area contributed by atoms with Crippen molar-refractivity contribution in [1.82, 2.24) is 15.1 Å². The molecule has 0 radical (unpaired) electrons. The quantitative estimate of drug-likeness (QED) is 0.251. The zero-order valence-corrected chi connectivity index (χ0v) is 26.5. The second-order valence-electron chi connectivity index (χ2n) is 11.5. The van der Waals surface area contributed by atoms with Gasteiger partial charge in [-0.05, 0) is 55.9 Å². The van der Waals surface area contributed by atoms with Crippen LogP contribution in [0.3, 0.4) is 0 Å². The van der Waals surface area contributed by atoms with Crippen LogP contribution in [-0.4, -0.2) is 55.0 Å². The fraction of sp³-hybridized carbons (Fsp3) is 0.469. The van der Waals surface area contributed by atoms with Crippen LogP contribution in [0, 0.1) is 13.8 Å². The van der Waals surface area contributed by atoms with Crippen LogP contribution in [0.2, 0.25) is 0 Å². The Morgan fingerprint density at radius 2 is 1.86 bits per heavy atom. The molecule has 10 nitrogen and oxygen atoms in total. The zero-order chi connectivity index (χ0) is 30.8. The summed E-state index contributed by atoms with van der Waals surface area (Å²) in [4.78, 5) is 26.2. The van der Waals surface area contributed by atoms with Gasteiger partial charge in [-0.1, -0.05) is 67.7 Å². The number of nitrogens with zero attached hydrogens (tertiary/aromatic N) is 4. The standard InChI is InChI=1S/C32H41N5O5S/c1-6-7-14-29-33-32(17-10-11-18-32)31(38)37(29)20-24-15-16-26(25(19-24)21-36(4)41-5)27-12-8-9-13-28(27)43(39,40)35-30-22(2)23(3)34-42-30/h8-9,12-13,15-16,19,35H,6-7,10-11,14,17-18,20-21H2,1-5H3. The number of anilines is 1. The first-order chi connectivity index (χ1) is 20.6. The number of benzene rings is 2. The summed E-state index contributed by atoms with van der Waals surface area (Å²) in [5.41, 5.74) is 3.76. The lowest BCUT2D eigenvalue weighted by atomic mass is 9.96. The number of unbranched alkanes of at least 4 members (excludes halogenated alkanes) is 1. The first-order valence-electron chi connectivity index (χ1n) is 14.9. The van der Waals surface area contributed by atoms with Crippen molar-refractivity contribution in [2.45, 2.75) is 89.2 Å². The summed E-state index contributed by atoms with van der Waals surface area (Å²) in [6.07, 6.45) is 6.47. The maximum absolute atomic E-state index is 13.7. The summed E-state index contributed by atoms with van der Waals surface area (Å²) < 4.78 is 35.1. The second kappa shape index (κ2) is 12.6. The summed E-state index contributed by atoms with van der Waals surface area (Å²) in [6, 6.07) is 12.8. The van der Waals surface area contributed by atoms with E-state index in [1.165, 1.54) is 0 Å². The first kappa shape index (κ1) is 30.9. The van der Waals surface area contributed by atoms with Gasteiger partial charge in [0.05, 0.1) is 24.2 Å². The Kier molecular flexibility index (Phi) is 9.05. The van der Waals surface area contributed by atoms with Gasteiger partial charge in [-0.3, -0.25) is 14.7 Å². The molecule has 43 heavy (non-hydrogen) atoms. The van der Waals surface area contributed by atoms with Crippen LogP contribution in [0.5, 0.6) is 0 Å². The molecule has 230 valence electrons.